The molecule has 1 aromatic carbocycles. The Balaban J connectivity index is 1.67. The summed E-state index contributed by atoms with van der Waals surface area (Å²) in [5, 5.41) is 3.78. The van der Waals surface area contributed by atoms with Gasteiger partial charge in [0.2, 0.25) is 11.8 Å². The maximum Gasteiger partial charge on any atom is 0.240 e. The molecule has 0 saturated carbocycles. The maximum absolute atomic E-state index is 12.0. The minimum Gasteiger partial charge on any atom is -0.491 e. The van der Waals surface area contributed by atoms with E-state index in [-0.39, 0.29) is 5.91 Å². The number of hydrogen-bond acceptors (Lipinski definition) is 4. The van der Waals surface area contributed by atoms with Gasteiger partial charge in [-0.15, -0.1) is 0 Å². The zero-order valence-electron chi connectivity index (χ0n) is 16.1. The highest BCUT2D eigenvalue weighted by molar-refractivity contribution is 5.86. The first-order valence-electron chi connectivity index (χ1n) is 9.52. The number of benzene rings is 1. The Kier molecular flexibility index (Phi) is 8.04. The summed E-state index contributed by atoms with van der Waals surface area (Å²) in [6, 6.07) is 9.21. The van der Waals surface area contributed by atoms with Crippen LogP contribution in [0.1, 0.15) is 46.0 Å². The highest BCUT2D eigenvalue weighted by Crippen LogP contribution is 2.23. The van der Waals surface area contributed by atoms with E-state index < -0.39 is 11.9 Å². The molecule has 0 saturated heterocycles. The van der Waals surface area contributed by atoms with E-state index in [9.17, 15) is 9.59 Å². The molecular weight excluding hydrogens is 342 g/mol. The van der Waals surface area contributed by atoms with Crippen LogP contribution in [0.25, 0.3) is 10.9 Å². The van der Waals surface area contributed by atoms with Gasteiger partial charge in [0.15, 0.2) is 0 Å². The fraction of sp³-hybridized carbons (Fsp3) is 0.476. The highest BCUT2D eigenvalue weighted by Gasteiger charge is 2.18. The normalized spacial score (nSPS) is 12.1. The molecule has 0 aliphatic heterocycles. The lowest BCUT2D eigenvalue weighted by atomic mass is 10.0. The van der Waals surface area contributed by atoms with Gasteiger partial charge in [-0.25, -0.2) is 0 Å². The highest BCUT2D eigenvalue weighted by atomic mass is 16.5. The van der Waals surface area contributed by atoms with Crippen LogP contribution in [0.3, 0.4) is 0 Å². The third-order valence-corrected chi connectivity index (χ3v) is 4.29. The quantitative estimate of drug-likeness (QED) is 0.593. The minimum atomic E-state index is -0.584. The van der Waals surface area contributed by atoms with Crippen molar-refractivity contribution in [1.82, 2.24) is 10.3 Å². The zero-order chi connectivity index (χ0) is 19.6. The van der Waals surface area contributed by atoms with E-state index >= 15 is 0 Å². The molecule has 0 spiro atoms. The molecule has 27 heavy (non-hydrogen) atoms. The van der Waals surface area contributed by atoms with E-state index in [2.05, 4.69) is 10.3 Å². The number of nitrogens with two attached hydrogens (primary N) is 1. The number of aromatic nitrogens is 1. The maximum atomic E-state index is 12.0. The summed E-state index contributed by atoms with van der Waals surface area (Å²) >= 11 is 0. The number of ether oxygens (including phenoxy) is 1. The van der Waals surface area contributed by atoms with Gasteiger partial charge in [0, 0.05) is 18.0 Å². The number of primary amides is 1. The fourth-order valence-electron chi connectivity index (χ4n) is 2.92. The predicted molar refractivity (Wildman–Crippen MR) is 106 cm³/mol. The summed E-state index contributed by atoms with van der Waals surface area (Å²) in [5.41, 5.74) is 6.21. The summed E-state index contributed by atoms with van der Waals surface area (Å²) in [7, 11) is 0. The molecule has 6 heteroatoms. The van der Waals surface area contributed by atoms with E-state index in [0.717, 1.165) is 35.9 Å². The van der Waals surface area contributed by atoms with Crippen molar-refractivity contribution in [2.24, 2.45) is 11.7 Å². The number of carbonyl (C=O) groups excluding carboxylic acids is 2. The Morgan fingerprint density at radius 2 is 1.93 bits per heavy atom. The first-order valence-corrected chi connectivity index (χ1v) is 9.52. The number of fused-ring (bicyclic) bond motifs is 1. The van der Waals surface area contributed by atoms with Crippen molar-refractivity contribution in [3.63, 3.8) is 0 Å². The summed E-state index contributed by atoms with van der Waals surface area (Å²) in [5.74, 6) is 0.472. The monoisotopic (exact) mass is 371 g/mol. The number of nitrogens with zero attached hydrogens (tertiary/aromatic N) is 1. The molecular formula is C21H29N3O3. The topological polar surface area (TPSA) is 94.3 Å². The van der Waals surface area contributed by atoms with E-state index in [1.54, 1.807) is 6.20 Å². The van der Waals surface area contributed by atoms with Crippen LogP contribution in [-0.4, -0.2) is 29.4 Å². The molecule has 1 atom stereocenters. The number of unbranched alkanes of at least 4 members (excludes halogenated alkanes) is 2. The van der Waals surface area contributed by atoms with Gasteiger partial charge in [-0.05, 0) is 43.7 Å². The molecule has 0 bridgehead atoms. The number of para-hydroxylation sites is 1. The number of carbonyl (C=O) groups is 2. The SMILES string of the molecule is CC(C)CC(NC(=O)CCCCCOc1cccc2cccnc12)C(N)=O. The molecule has 0 aliphatic carbocycles. The Labute approximate surface area is 160 Å². The van der Waals surface area contributed by atoms with Crippen LogP contribution in [-0.2, 0) is 9.59 Å². The van der Waals surface area contributed by atoms with Gasteiger partial charge < -0.3 is 15.8 Å². The van der Waals surface area contributed by atoms with Crippen molar-refractivity contribution >= 4 is 22.7 Å². The van der Waals surface area contributed by atoms with Crippen molar-refractivity contribution in [2.45, 2.75) is 52.0 Å². The summed E-state index contributed by atoms with van der Waals surface area (Å²) < 4.78 is 5.84. The second-order valence-electron chi connectivity index (χ2n) is 7.14. The van der Waals surface area contributed by atoms with Gasteiger partial charge in [-0.2, -0.15) is 0 Å². The van der Waals surface area contributed by atoms with Gasteiger partial charge >= 0.3 is 0 Å². The van der Waals surface area contributed by atoms with Crippen molar-refractivity contribution in [3.8, 4) is 5.75 Å². The van der Waals surface area contributed by atoms with Crippen LogP contribution in [0.2, 0.25) is 0 Å². The van der Waals surface area contributed by atoms with E-state index in [4.69, 9.17) is 10.5 Å². The molecule has 6 nitrogen and oxygen atoms in total. The molecule has 1 heterocycles. The second-order valence-corrected chi connectivity index (χ2v) is 7.14. The van der Waals surface area contributed by atoms with Gasteiger partial charge in [-0.3, -0.25) is 14.6 Å². The molecule has 2 aromatic rings. The van der Waals surface area contributed by atoms with Crippen LogP contribution < -0.4 is 15.8 Å². The Morgan fingerprint density at radius 1 is 1.15 bits per heavy atom. The third-order valence-electron chi connectivity index (χ3n) is 4.29. The van der Waals surface area contributed by atoms with Gasteiger partial charge in [0.05, 0.1) is 6.61 Å². The lowest BCUT2D eigenvalue weighted by Gasteiger charge is -2.17. The Bertz CT molecular complexity index is 756. The molecule has 3 N–H and O–H groups in total. The van der Waals surface area contributed by atoms with E-state index in [1.165, 1.54) is 0 Å². The van der Waals surface area contributed by atoms with Crippen LogP contribution in [0.4, 0.5) is 0 Å². The first kappa shape index (κ1) is 20.7. The average molecular weight is 371 g/mol. The molecule has 1 unspecified atom stereocenters. The number of hydrogen-bond donors (Lipinski definition) is 2. The molecule has 0 fully saturated rings. The molecule has 2 rings (SSSR count). The number of pyridine rings is 1. The van der Waals surface area contributed by atoms with Crippen LogP contribution in [0, 0.1) is 5.92 Å². The fourth-order valence-corrected chi connectivity index (χ4v) is 2.92. The number of amides is 2. The Hall–Kier alpha value is -2.63. The molecule has 0 radical (unpaired) electrons. The first-order chi connectivity index (χ1) is 13.0. The van der Waals surface area contributed by atoms with E-state index in [0.29, 0.717) is 25.4 Å². The largest absolute Gasteiger partial charge is 0.491 e. The van der Waals surface area contributed by atoms with Gasteiger partial charge in [0.1, 0.15) is 17.3 Å². The minimum absolute atomic E-state index is 0.126. The standard InChI is InChI=1S/C21H29N3O3/c1-15(2)14-17(21(22)26)24-19(25)11-4-3-5-13-27-18-10-6-8-16-9-7-12-23-20(16)18/h6-10,12,15,17H,3-5,11,13-14H2,1-2H3,(H2,22,26)(H,24,25). The molecule has 1 aromatic heterocycles. The zero-order valence-corrected chi connectivity index (χ0v) is 16.1. The molecule has 0 aliphatic rings. The van der Waals surface area contributed by atoms with Crippen LogP contribution in [0.15, 0.2) is 36.5 Å². The van der Waals surface area contributed by atoms with Crippen molar-refractivity contribution < 1.29 is 14.3 Å². The lowest BCUT2D eigenvalue weighted by Crippen LogP contribution is -2.45. The second kappa shape index (κ2) is 10.5. The van der Waals surface area contributed by atoms with Gasteiger partial charge in [0.25, 0.3) is 0 Å². The summed E-state index contributed by atoms with van der Waals surface area (Å²) in [6.45, 7) is 4.57. The number of nitrogens with one attached hydrogen (secondary N) is 1. The average Bonchev–Trinajstić information content (AvgIpc) is 2.63. The lowest BCUT2D eigenvalue weighted by molar-refractivity contribution is -0.127. The van der Waals surface area contributed by atoms with E-state index in [1.807, 2.05) is 44.2 Å². The van der Waals surface area contributed by atoms with Crippen LogP contribution >= 0.6 is 0 Å². The van der Waals surface area contributed by atoms with Gasteiger partial charge in [-0.1, -0.05) is 32.0 Å². The molecule has 146 valence electrons. The third kappa shape index (κ3) is 6.89. The molecule has 2 amide bonds. The summed E-state index contributed by atoms with van der Waals surface area (Å²) in [6.07, 6.45) is 5.17. The van der Waals surface area contributed by atoms with Crippen LogP contribution in [0.5, 0.6) is 5.75 Å². The predicted octanol–water partition coefficient (Wildman–Crippen LogP) is 3.19. The number of rotatable bonds is 11. The van der Waals surface area contributed by atoms with Crippen molar-refractivity contribution in [2.75, 3.05) is 6.61 Å². The smallest absolute Gasteiger partial charge is 0.240 e. The Morgan fingerprint density at radius 3 is 2.67 bits per heavy atom. The van der Waals surface area contributed by atoms with Crippen molar-refractivity contribution in [3.05, 3.63) is 36.5 Å². The summed E-state index contributed by atoms with van der Waals surface area (Å²) in [4.78, 5) is 27.7. The van der Waals surface area contributed by atoms with Crippen molar-refractivity contribution in [1.29, 1.82) is 0 Å².